The Morgan fingerprint density at radius 3 is 1.31 bits per heavy atom. The summed E-state index contributed by atoms with van der Waals surface area (Å²) in [6.45, 7) is 11.7. The highest BCUT2D eigenvalue weighted by molar-refractivity contribution is 4.89. The molecule has 2 nitrogen and oxygen atoms in total. The van der Waals surface area contributed by atoms with Crippen LogP contribution in [0.5, 0.6) is 0 Å². The van der Waals surface area contributed by atoms with E-state index < -0.39 is 0 Å². The van der Waals surface area contributed by atoms with Gasteiger partial charge in [-0.25, -0.2) is 9.13 Å². The Labute approximate surface area is 221 Å². The van der Waals surface area contributed by atoms with Crippen LogP contribution in [0.15, 0.2) is 12.4 Å². The number of hydrogen-bond acceptors (Lipinski definition) is 0. The first kappa shape index (κ1) is 32.2. The van der Waals surface area contributed by atoms with Gasteiger partial charge in [0.2, 0.25) is 0 Å². The molecule has 2 heteroatoms. The Bertz CT molecular complexity index is 559. The van der Waals surface area contributed by atoms with Gasteiger partial charge < -0.3 is 0 Å². The molecule has 0 fully saturated rings. The third-order valence-electron chi connectivity index (χ3n) is 7.79. The first-order valence-electron chi connectivity index (χ1n) is 16.3. The fourth-order valence-electron chi connectivity index (χ4n) is 5.59. The summed E-state index contributed by atoms with van der Waals surface area (Å²) in [5.74, 6) is 2.15. The van der Waals surface area contributed by atoms with E-state index >= 15 is 0 Å². The Balaban J connectivity index is 2.05. The van der Waals surface area contributed by atoms with Gasteiger partial charge in [0.25, 0.3) is 5.82 Å². The Morgan fingerprint density at radius 2 is 0.914 bits per heavy atom. The van der Waals surface area contributed by atoms with Gasteiger partial charge in [0.1, 0.15) is 12.4 Å². The lowest BCUT2D eigenvalue weighted by Crippen LogP contribution is -2.38. The number of aromatic nitrogens is 2. The van der Waals surface area contributed by atoms with Crippen molar-refractivity contribution in [1.82, 2.24) is 4.57 Å². The summed E-state index contributed by atoms with van der Waals surface area (Å²) in [5, 5.41) is 0. The zero-order valence-corrected chi connectivity index (χ0v) is 24.8. The normalized spacial score (nSPS) is 11.7. The number of imidazole rings is 1. The maximum atomic E-state index is 2.55. The number of nitrogens with zero attached hydrogens (tertiary/aromatic N) is 2. The lowest BCUT2D eigenvalue weighted by molar-refractivity contribution is -0.705. The van der Waals surface area contributed by atoms with E-state index in [4.69, 9.17) is 0 Å². The monoisotopic (exact) mass is 490 g/mol. The fourth-order valence-corrected chi connectivity index (χ4v) is 5.59. The van der Waals surface area contributed by atoms with Crippen LogP contribution in [0.1, 0.15) is 187 Å². The molecule has 0 aliphatic rings. The second-order valence-electron chi connectivity index (χ2n) is 11.6. The van der Waals surface area contributed by atoms with Gasteiger partial charge in [-0.2, -0.15) is 0 Å². The average molecular weight is 490 g/mol. The van der Waals surface area contributed by atoms with Crippen molar-refractivity contribution in [3.05, 3.63) is 18.2 Å². The van der Waals surface area contributed by atoms with Crippen molar-refractivity contribution in [1.29, 1.82) is 0 Å². The molecule has 1 rings (SSSR count). The SMILES string of the molecule is CCCCCCCCCCCCCCCCC[n+]1ccn(CCCCCCCCCC)c1C(C)C. The van der Waals surface area contributed by atoms with E-state index in [1.807, 2.05) is 0 Å². The molecule has 1 aromatic rings. The number of rotatable bonds is 26. The lowest BCUT2D eigenvalue weighted by atomic mass is 10.0. The van der Waals surface area contributed by atoms with Crippen molar-refractivity contribution in [2.45, 2.75) is 194 Å². The van der Waals surface area contributed by atoms with E-state index in [9.17, 15) is 0 Å². The van der Waals surface area contributed by atoms with Crippen LogP contribution >= 0.6 is 0 Å². The minimum Gasteiger partial charge on any atom is -0.234 e. The molecular weight excluding hydrogens is 424 g/mol. The lowest BCUT2D eigenvalue weighted by Gasteiger charge is -2.08. The fraction of sp³-hybridized carbons (Fsp3) is 0.909. The van der Waals surface area contributed by atoms with Crippen LogP contribution in [0.4, 0.5) is 0 Å². The van der Waals surface area contributed by atoms with Crippen LogP contribution in [-0.2, 0) is 13.1 Å². The summed E-state index contributed by atoms with van der Waals surface area (Å²) in [6, 6.07) is 0. The molecule has 0 saturated heterocycles. The number of aryl methyl sites for hydroxylation is 2. The second kappa shape index (κ2) is 23.6. The molecule has 0 saturated carbocycles. The topological polar surface area (TPSA) is 8.81 Å². The van der Waals surface area contributed by atoms with Crippen molar-refractivity contribution in [3.8, 4) is 0 Å². The first-order valence-corrected chi connectivity index (χ1v) is 16.3. The van der Waals surface area contributed by atoms with E-state index in [0.717, 1.165) is 0 Å². The highest BCUT2D eigenvalue weighted by Gasteiger charge is 2.19. The van der Waals surface area contributed by atoms with Gasteiger partial charge in [-0.1, -0.05) is 150 Å². The third-order valence-corrected chi connectivity index (χ3v) is 7.79. The molecule has 35 heavy (non-hydrogen) atoms. The van der Waals surface area contributed by atoms with Crippen molar-refractivity contribution < 1.29 is 4.57 Å². The molecule has 0 unspecified atom stereocenters. The molecule has 0 amide bonds. The molecule has 1 aromatic heterocycles. The molecule has 0 radical (unpaired) electrons. The Hall–Kier alpha value is -0.790. The maximum absolute atomic E-state index is 2.55. The van der Waals surface area contributed by atoms with Crippen LogP contribution < -0.4 is 4.57 Å². The van der Waals surface area contributed by atoms with Gasteiger partial charge in [-0.15, -0.1) is 0 Å². The van der Waals surface area contributed by atoms with Crippen LogP contribution in [-0.4, -0.2) is 4.57 Å². The zero-order valence-electron chi connectivity index (χ0n) is 24.8. The Kier molecular flexibility index (Phi) is 21.7. The Morgan fingerprint density at radius 1 is 0.543 bits per heavy atom. The molecule has 1 heterocycles. The van der Waals surface area contributed by atoms with Gasteiger partial charge in [0.05, 0.1) is 19.0 Å². The zero-order chi connectivity index (χ0) is 25.4. The molecular formula is C33H65N2+. The van der Waals surface area contributed by atoms with Crippen LogP contribution in [0.3, 0.4) is 0 Å². The maximum Gasteiger partial charge on any atom is 0.258 e. The molecule has 0 aliphatic carbocycles. The predicted molar refractivity (Wildman–Crippen MR) is 156 cm³/mol. The molecule has 0 spiro atoms. The summed E-state index contributed by atoms with van der Waals surface area (Å²) in [6.07, 6.45) is 37.5. The van der Waals surface area contributed by atoms with Crippen molar-refractivity contribution >= 4 is 0 Å². The number of hydrogen-bond donors (Lipinski definition) is 0. The van der Waals surface area contributed by atoms with Gasteiger partial charge in [-0.05, 0) is 25.7 Å². The molecule has 0 aromatic carbocycles. The summed E-state index contributed by atoms with van der Waals surface area (Å²) >= 11 is 0. The smallest absolute Gasteiger partial charge is 0.234 e. The highest BCUT2D eigenvalue weighted by atomic mass is 15.1. The summed E-state index contributed by atoms with van der Waals surface area (Å²) in [7, 11) is 0. The molecule has 0 bridgehead atoms. The third kappa shape index (κ3) is 17.3. The van der Waals surface area contributed by atoms with Crippen LogP contribution in [0, 0.1) is 0 Å². The largest absolute Gasteiger partial charge is 0.258 e. The second-order valence-corrected chi connectivity index (χ2v) is 11.6. The summed E-state index contributed by atoms with van der Waals surface area (Å²) < 4.78 is 5.10. The summed E-state index contributed by atoms with van der Waals surface area (Å²) in [4.78, 5) is 0. The highest BCUT2D eigenvalue weighted by Crippen LogP contribution is 2.16. The molecule has 0 N–H and O–H groups in total. The molecule has 0 atom stereocenters. The van der Waals surface area contributed by atoms with Gasteiger partial charge >= 0.3 is 0 Å². The van der Waals surface area contributed by atoms with Crippen LogP contribution in [0.25, 0.3) is 0 Å². The minimum absolute atomic E-state index is 0.607. The minimum atomic E-state index is 0.607. The quantitative estimate of drug-likeness (QED) is 0.0903. The van der Waals surface area contributed by atoms with Gasteiger partial charge in [0.15, 0.2) is 0 Å². The van der Waals surface area contributed by atoms with Gasteiger partial charge in [-0.3, -0.25) is 0 Å². The summed E-state index contributed by atoms with van der Waals surface area (Å²) in [5.41, 5.74) is 0. The van der Waals surface area contributed by atoms with Crippen molar-refractivity contribution in [2.75, 3.05) is 0 Å². The van der Waals surface area contributed by atoms with E-state index in [1.165, 1.54) is 161 Å². The van der Waals surface area contributed by atoms with E-state index in [1.54, 1.807) is 5.82 Å². The van der Waals surface area contributed by atoms with E-state index in [2.05, 4.69) is 49.2 Å². The van der Waals surface area contributed by atoms with Crippen molar-refractivity contribution in [3.63, 3.8) is 0 Å². The predicted octanol–water partition coefficient (Wildman–Crippen LogP) is 10.9. The van der Waals surface area contributed by atoms with E-state index in [-0.39, 0.29) is 0 Å². The first-order chi connectivity index (χ1) is 17.2. The number of unbranched alkanes of at least 4 members (excludes halogenated alkanes) is 21. The molecule has 206 valence electrons. The van der Waals surface area contributed by atoms with Crippen molar-refractivity contribution in [2.24, 2.45) is 0 Å². The van der Waals surface area contributed by atoms with E-state index in [0.29, 0.717) is 5.92 Å². The average Bonchev–Trinajstić information content (AvgIpc) is 3.26. The standard InChI is InChI=1S/C33H65N2/c1-5-7-9-11-13-15-16-17-18-19-20-21-23-25-27-29-35-31-30-34(33(35)32(3)4)28-26-24-22-14-12-10-8-6-2/h30-32H,5-29H2,1-4H3/q+1. The van der Waals surface area contributed by atoms with Crippen LogP contribution in [0.2, 0.25) is 0 Å². The molecule has 0 aliphatic heterocycles. The van der Waals surface area contributed by atoms with Gasteiger partial charge in [0, 0.05) is 0 Å².